The van der Waals surface area contributed by atoms with E-state index in [1.807, 2.05) is 0 Å². The molecule has 0 heterocycles. The molecule has 0 spiro atoms. The molecule has 0 aromatic heterocycles. The third-order valence-corrected chi connectivity index (χ3v) is 6.98. The molecule has 1 aromatic carbocycles. The van der Waals surface area contributed by atoms with Gasteiger partial charge in [0.25, 0.3) is 0 Å². The standard InChI is InChI=1S/C12H17O5PS/c1-4-16-18(13,17-5-2)11(3)19(14,15)12-9-7-6-8-10-12/h6-10H,3-5H2,1-2H3. The van der Waals surface area contributed by atoms with E-state index in [0.29, 0.717) is 0 Å². The van der Waals surface area contributed by atoms with Crippen molar-refractivity contribution < 1.29 is 22.0 Å². The second kappa shape index (κ2) is 6.48. The van der Waals surface area contributed by atoms with Crippen LogP contribution >= 0.6 is 7.60 Å². The Bertz CT molecular complexity index is 569. The maximum absolute atomic E-state index is 12.4. The average molecular weight is 304 g/mol. The molecule has 0 saturated heterocycles. The summed E-state index contributed by atoms with van der Waals surface area (Å²) < 4.78 is 46.5. The molecule has 0 aliphatic carbocycles. The molecule has 0 amide bonds. The molecule has 19 heavy (non-hydrogen) atoms. The van der Waals surface area contributed by atoms with E-state index in [9.17, 15) is 13.0 Å². The van der Waals surface area contributed by atoms with Crippen LogP contribution in [0.15, 0.2) is 46.5 Å². The van der Waals surface area contributed by atoms with Gasteiger partial charge in [-0.25, -0.2) is 8.42 Å². The summed E-state index contributed by atoms with van der Waals surface area (Å²) in [6.45, 7) is 6.76. The fourth-order valence-corrected chi connectivity index (χ4v) is 5.04. The van der Waals surface area contributed by atoms with E-state index in [2.05, 4.69) is 6.58 Å². The highest BCUT2D eigenvalue weighted by molar-refractivity contribution is 8.03. The Morgan fingerprint density at radius 3 is 2.05 bits per heavy atom. The Kier molecular flexibility index (Phi) is 5.50. The first-order valence-corrected chi connectivity index (χ1v) is 8.79. The van der Waals surface area contributed by atoms with Gasteiger partial charge in [0, 0.05) is 0 Å². The summed E-state index contributed by atoms with van der Waals surface area (Å²) in [5.74, 6) is 0. The fraction of sp³-hybridized carbons (Fsp3) is 0.333. The van der Waals surface area contributed by atoms with E-state index in [4.69, 9.17) is 9.05 Å². The van der Waals surface area contributed by atoms with E-state index < -0.39 is 22.1 Å². The van der Waals surface area contributed by atoms with Crippen molar-refractivity contribution in [3.63, 3.8) is 0 Å². The minimum Gasteiger partial charge on any atom is -0.305 e. The largest absolute Gasteiger partial charge is 0.372 e. The summed E-state index contributed by atoms with van der Waals surface area (Å²) in [5.41, 5.74) is 0. The van der Waals surface area contributed by atoms with Gasteiger partial charge in [-0.05, 0) is 26.0 Å². The maximum Gasteiger partial charge on any atom is 0.372 e. The Morgan fingerprint density at radius 2 is 1.63 bits per heavy atom. The monoisotopic (exact) mass is 304 g/mol. The van der Waals surface area contributed by atoms with Gasteiger partial charge in [0.2, 0.25) is 9.84 Å². The van der Waals surface area contributed by atoms with E-state index in [1.54, 1.807) is 32.0 Å². The van der Waals surface area contributed by atoms with Crippen molar-refractivity contribution in [2.24, 2.45) is 0 Å². The molecule has 0 N–H and O–H groups in total. The van der Waals surface area contributed by atoms with Gasteiger partial charge in [-0.2, -0.15) is 0 Å². The van der Waals surface area contributed by atoms with Crippen LogP contribution in [0.3, 0.4) is 0 Å². The van der Waals surface area contributed by atoms with Crippen molar-refractivity contribution in [1.29, 1.82) is 0 Å². The molecule has 1 rings (SSSR count). The van der Waals surface area contributed by atoms with E-state index in [-0.39, 0.29) is 18.1 Å². The lowest BCUT2D eigenvalue weighted by Crippen LogP contribution is -2.08. The number of hydrogen-bond acceptors (Lipinski definition) is 5. The third kappa shape index (κ3) is 3.54. The molecular weight excluding hydrogens is 287 g/mol. The van der Waals surface area contributed by atoms with Gasteiger partial charge in [-0.15, -0.1) is 0 Å². The lowest BCUT2D eigenvalue weighted by Gasteiger charge is -2.18. The molecular formula is C12H17O5PS. The van der Waals surface area contributed by atoms with Crippen LogP contribution < -0.4 is 0 Å². The summed E-state index contributed by atoms with van der Waals surface area (Å²) in [7, 11) is -7.83. The summed E-state index contributed by atoms with van der Waals surface area (Å²) in [4.78, 5) is 0.0135. The number of hydrogen-bond donors (Lipinski definition) is 0. The highest BCUT2D eigenvalue weighted by Crippen LogP contribution is 2.58. The van der Waals surface area contributed by atoms with Crippen LogP contribution in [0.4, 0.5) is 0 Å². The van der Waals surface area contributed by atoms with Crippen LogP contribution in [0.5, 0.6) is 0 Å². The number of rotatable bonds is 7. The molecule has 0 unspecified atom stereocenters. The van der Waals surface area contributed by atoms with Crippen LogP contribution in [-0.4, -0.2) is 21.6 Å². The van der Waals surface area contributed by atoms with Crippen LogP contribution in [0.1, 0.15) is 13.8 Å². The zero-order chi connectivity index (χ0) is 14.5. The molecule has 5 nitrogen and oxygen atoms in total. The fourth-order valence-electron chi connectivity index (χ4n) is 1.40. The first-order valence-electron chi connectivity index (χ1n) is 5.77. The summed E-state index contributed by atoms with van der Waals surface area (Å²) in [5, 5.41) is 0. The summed E-state index contributed by atoms with van der Waals surface area (Å²) in [6, 6.07) is 7.65. The van der Waals surface area contributed by atoms with Gasteiger partial charge in [0.05, 0.1) is 18.1 Å². The highest BCUT2D eigenvalue weighted by Gasteiger charge is 2.38. The Hall–Kier alpha value is -0.940. The summed E-state index contributed by atoms with van der Waals surface area (Å²) in [6.07, 6.45) is 0. The Labute approximate surface area is 113 Å². The van der Waals surface area contributed by atoms with Gasteiger partial charge in [-0.3, -0.25) is 4.57 Å². The normalized spacial score (nSPS) is 12.3. The van der Waals surface area contributed by atoms with Crippen molar-refractivity contribution in [3.8, 4) is 0 Å². The second-order valence-electron chi connectivity index (χ2n) is 3.54. The molecule has 0 aliphatic rings. The smallest absolute Gasteiger partial charge is 0.305 e. The molecule has 0 atom stereocenters. The van der Waals surface area contributed by atoms with Crippen LogP contribution in [-0.2, 0) is 23.4 Å². The minimum atomic E-state index is -3.95. The van der Waals surface area contributed by atoms with Crippen LogP contribution in [0.25, 0.3) is 0 Å². The summed E-state index contributed by atoms with van der Waals surface area (Å²) >= 11 is 0. The van der Waals surface area contributed by atoms with E-state index >= 15 is 0 Å². The zero-order valence-corrected chi connectivity index (χ0v) is 12.6. The van der Waals surface area contributed by atoms with Crippen LogP contribution in [0.2, 0.25) is 0 Å². The van der Waals surface area contributed by atoms with Crippen molar-refractivity contribution >= 4 is 17.4 Å². The molecule has 7 heteroatoms. The topological polar surface area (TPSA) is 69.7 Å². The first kappa shape index (κ1) is 16.1. The van der Waals surface area contributed by atoms with Crippen LogP contribution in [0, 0.1) is 0 Å². The minimum absolute atomic E-state index is 0.0135. The van der Waals surface area contributed by atoms with Gasteiger partial charge in [-0.1, -0.05) is 24.8 Å². The average Bonchev–Trinajstić information content (AvgIpc) is 2.39. The van der Waals surface area contributed by atoms with E-state index in [1.165, 1.54) is 12.1 Å². The molecule has 0 bridgehead atoms. The molecule has 1 aromatic rings. The van der Waals surface area contributed by atoms with E-state index in [0.717, 1.165) is 0 Å². The SMILES string of the molecule is C=C(P(=O)(OCC)OCC)S(=O)(=O)c1ccccc1. The van der Waals surface area contributed by atoms with Gasteiger partial charge in [0.1, 0.15) is 0 Å². The molecule has 0 fully saturated rings. The molecule has 0 aliphatic heterocycles. The van der Waals surface area contributed by atoms with Crippen molar-refractivity contribution in [1.82, 2.24) is 0 Å². The molecule has 0 radical (unpaired) electrons. The molecule has 106 valence electrons. The second-order valence-corrected chi connectivity index (χ2v) is 7.87. The maximum atomic E-state index is 12.4. The van der Waals surface area contributed by atoms with Gasteiger partial charge in [0.15, 0.2) is 4.65 Å². The predicted molar refractivity (Wildman–Crippen MR) is 73.6 cm³/mol. The highest BCUT2D eigenvalue weighted by atomic mass is 32.2. The molecule has 0 saturated carbocycles. The van der Waals surface area contributed by atoms with Crippen molar-refractivity contribution in [3.05, 3.63) is 41.6 Å². The third-order valence-electron chi connectivity index (χ3n) is 2.27. The van der Waals surface area contributed by atoms with Gasteiger partial charge < -0.3 is 9.05 Å². The number of sulfone groups is 1. The van der Waals surface area contributed by atoms with Crippen molar-refractivity contribution in [2.75, 3.05) is 13.2 Å². The predicted octanol–water partition coefficient (Wildman–Crippen LogP) is 3.20. The lowest BCUT2D eigenvalue weighted by molar-refractivity contribution is 0.228. The van der Waals surface area contributed by atoms with Gasteiger partial charge >= 0.3 is 7.60 Å². The number of benzene rings is 1. The Morgan fingerprint density at radius 1 is 1.16 bits per heavy atom. The quantitative estimate of drug-likeness (QED) is 0.723. The van der Waals surface area contributed by atoms with Crippen molar-refractivity contribution in [2.45, 2.75) is 18.7 Å². The lowest BCUT2D eigenvalue weighted by atomic mass is 10.4. The zero-order valence-electron chi connectivity index (χ0n) is 10.9. The first-order chi connectivity index (χ1) is 8.88. The Balaban J connectivity index is 3.21.